The third-order valence-electron chi connectivity index (χ3n) is 5.51. The Morgan fingerprint density at radius 2 is 1.59 bits per heavy atom. The van der Waals surface area contributed by atoms with Gasteiger partial charge in [0.15, 0.2) is 5.78 Å². The molecule has 0 aliphatic carbocycles. The van der Waals surface area contributed by atoms with Crippen LogP contribution in [0.15, 0.2) is 54.6 Å². The second kappa shape index (κ2) is 10.8. The molecule has 2 aromatic carbocycles. The molecule has 29 heavy (non-hydrogen) atoms. The number of hydrogen-bond acceptors (Lipinski definition) is 4. The number of nitrogens with one attached hydrogen (secondary N) is 1. The SMILES string of the molecule is CCc1ccc(C(=O)CCC(=O)NCCN2CCN(c3ccccc3)CC2)cc1. The first kappa shape index (κ1) is 21.1. The molecule has 0 radical (unpaired) electrons. The van der Waals surface area contributed by atoms with Gasteiger partial charge in [-0.05, 0) is 24.1 Å². The molecule has 5 heteroatoms. The van der Waals surface area contributed by atoms with Gasteiger partial charge in [0.2, 0.25) is 5.91 Å². The van der Waals surface area contributed by atoms with E-state index in [2.05, 4.69) is 46.3 Å². The summed E-state index contributed by atoms with van der Waals surface area (Å²) >= 11 is 0. The van der Waals surface area contributed by atoms with Crippen molar-refractivity contribution in [1.29, 1.82) is 0 Å². The normalized spacial score (nSPS) is 14.6. The van der Waals surface area contributed by atoms with Gasteiger partial charge in [-0.3, -0.25) is 14.5 Å². The number of anilines is 1. The fourth-order valence-electron chi connectivity index (χ4n) is 3.61. The van der Waals surface area contributed by atoms with E-state index in [1.54, 1.807) is 0 Å². The van der Waals surface area contributed by atoms with Gasteiger partial charge < -0.3 is 10.2 Å². The summed E-state index contributed by atoms with van der Waals surface area (Å²) in [6, 6.07) is 18.1. The first-order valence-electron chi connectivity index (χ1n) is 10.6. The third kappa shape index (κ3) is 6.43. The number of para-hydroxylation sites is 1. The van der Waals surface area contributed by atoms with E-state index in [-0.39, 0.29) is 24.5 Å². The number of nitrogens with zero attached hydrogens (tertiary/aromatic N) is 2. The van der Waals surface area contributed by atoms with Gasteiger partial charge in [-0.25, -0.2) is 0 Å². The van der Waals surface area contributed by atoms with Gasteiger partial charge >= 0.3 is 0 Å². The predicted octanol–water partition coefficient (Wildman–Crippen LogP) is 3.15. The molecule has 3 rings (SSSR count). The highest BCUT2D eigenvalue weighted by Crippen LogP contribution is 2.15. The van der Waals surface area contributed by atoms with Crippen molar-refractivity contribution in [1.82, 2.24) is 10.2 Å². The molecule has 1 amide bonds. The van der Waals surface area contributed by atoms with Gasteiger partial charge in [-0.1, -0.05) is 49.4 Å². The third-order valence-corrected chi connectivity index (χ3v) is 5.51. The second-order valence-electron chi connectivity index (χ2n) is 7.49. The molecule has 0 bridgehead atoms. The number of amides is 1. The Morgan fingerprint density at radius 1 is 0.897 bits per heavy atom. The Balaban J connectivity index is 1.30. The molecule has 0 saturated carbocycles. The first-order valence-corrected chi connectivity index (χ1v) is 10.6. The molecular weight excluding hydrogens is 362 g/mol. The van der Waals surface area contributed by atoms with E-state index in [1.807, 2.05) is 30.3 Å². The van der Waals surface area contributed by atoms with Crippen LogP contribution >= 0.6 is 0 Å². The smallest absolute Gasteiger partial charge is 0.220 e. The number of carbonyl (C=O) groups excluding carboxylic acids is 2. The highest BCUT2D eigenvalue weighted by atomic mass is 16.2. The molecule has 1 heterocycles. The van der Waals surface area contributed by atoms with Crippen molar-refractivity contribution in [2.45, 2.75) is 26.2 Å². The summed E-state index contributed by atoms with van der Waals surface area (Å²) in [6.07, 6.45) is 1.46. The Bertz CT molecular complexity index is 782. The zero-order valence-electron chi connectivity index (χ0n) is 17.3. The minimum atomic E-state index is -0.0496. The van der Waals surface area contributed by atoms with E-state index in [0.717, 1.165) is 39.1 Å². The maximum Gasteiger partial charge on any atom is 0.220 e. The Labute approximate surface area is 173 Å². The van der Waals surface area contributed by atoms with Crippen molar-refractivity contribution < 1.29 is 9.59 Å². The topological polar surface area (TPSA) is 52.7 Å². The minimum Gasteiger partial charge on any atom is -0.369 e. The maximum absolute atomic E-state index is 12.2. The van der Waals surface area contributed by atoms with Gasteiger partial charge in [-0.15, -0.1) is 0 Å². The molecule has 0 spiro atoms. The van der Waals surface area contributed by atoms with E-state index in [4.69, 9.17) is 0 Å². The van der Waals surface area contributed by atoms with Crippen LogP contribution in [0.5, 0.6) is 0 Å². The molecule has 1 aliphatic rings. The summed E-state index contributed by atoms with van der Waals surface area (Å²) in [7, 11) is 0. The standard InChI is InChI=1S/C24H31N3O2/c1-2-20-8-10-21(11-9-20)23(28)12-13-24(29)25-14-15-26-16-18-27(19-17-26)22-6-4-3-5-7-22/h3-11H,2,12-19H2,1H3,(H,25,29). The quantitative estimate of drug-likeness (QED) is 0.665. The van der Waals surface area contributed by atoms with Crippen LogP contribution in [0.4, 0.5) is 5.69 Å². The van der Waals surface area contributed by atoms with Gasteiger partial charge in [0.05, 0.1) is 0 Å². The molecule has 0 aromatic heterocycles. The van der Waals surface area contributed by atoms with Gasteiger partial charge in [-0.2, -0.15) is 0 Å². The number of piperazine rings is 1. The predicted molar refractivity (Wildman–Crippen MR) is 117 cm³/mol. The second-order valence-corrected chi connectivity index (χ2v) is 7.49. The largest absolute Gasteiger partial charge is 0.369 e. The zero-order chi connectivity index (χ0) is 20.5. The molecule has 0 atom stereocenters. The summed E-state index contributed by atoms with van der Waals surface area (Å²) in [5.41, 5.74) is 3.17. The lowest BCUT2D eigenvalue weighted by atomic mass is 10.0. The van der Waals surface area contributed by atoms with Crippen LogP contribution in [-0.4, -0.2) is 55.9 Å². The van der Waals surface area contributed by atoms with Crippen LogP contribution in [0, 0.1) is 0 Å². The molecule has 1 N–H and O–H groups in total. The average Bonchev–Trinajstić information content (AvgIpc) is 2.78. The molecule has 1 saturated heterocycles. The van der Waals surface area contributed by atoms with Crippen LogP contribution in [-0.2, 0) is 11.2 Å². The lowest BCUT2D eigenvalue weighted by Gasteiger charge is -2.36. The fraction of sp³-hybridized carbons (Fsp3) is 0.417. The highest BCUT2D eigenvalue weighted by Gasteiger charge is 2.17. The fourth-order valence-corrected chi connectivity index (χ4v) is 3.61. The molecule has 1 aliphatic heterocycles. The Hall–Kier alpha value is -2.66. The van der Waals surface area contributed by atoms with Crippen molar-refractivity contribution in [2.24, 2.45) is 0 Å². The van der Waals surface area contributed by atoms with Crippen LogP contribution in [0.2, 0.25) is 0 Å². The van der Waals surface area contributed by atoms with Crippen LogP contribution in [0.25, 0.3) is 0 Å². The van der Waals surface area contributed by atoms with Crippen molar-refractivity contribution in [3.05, 3.63) is 65.7 Å². The van der Waals surface area contributed by atoms with E-state index < -0.39 is 0 Å². The zero-order valence-corrected chi connectivity index (χ0v) is 17.3. The van der Waals surface area contributed by atoms with E-state index in [9.17, 15) is 9.59 Å². The number of benzene rings is 2. The molecule has 2 aromatic rings. The van der Waals surface area contributed by atoms with Crippen molar-refractivity contribution in [2.75, 3.05) is 44.2 Å². The number of ketones is 1. The summed E-state index contributed by atoms with van der Waals surface area (Å²) in [5.74, 6) is -0.0220. The summed E-state index contributed by atoms with van der Waals surface area (Å²) in [5, 5.41) is 2.95. The summed E-state index contributed by atoms with van der Waals surface area (Å²) in [6.45, 7) is 7.56. The van der Waals surface area contributed by atoms with Crippen molar-refractivity contribution in [3.8, 4) is 0 Å². The number of aryl methyl sites for hydroxylation is 1. The van der Waals surface area contributed by atoms with Gasteiger partial charge in [0.25, 0.3) is 0 Å². The van der Waals surface area contributed by atoms with Crippen LogP contribution in [0.3, 0.4) is 0 Å². The van der Waals surface area contributed by atoms with Gasteiger partial charge in [0.1, 0.15) is 0 Å². The van der Waals surface area contributed by atoms with E-state index in [1.165, 1.54) is 11.3 Å². The highest BCUT2D eigenvalue weighted by molar-refractivity contribution is 5.97. The molecule has 5 nitrogen and oxygen atoms in total. The van der Waals surface area contributed by atoms with Crippen molar-refractivity contribution in [3.63, 3.8) is 0 Å². The monoisotopic (exact) mass is 393 g/mol. The number of rotatable bonds is 9. The Kier molecular flexibility index (Phi) is 7.82. The molecule has 0 unspecified atom stereocenters. The number of Topliss-reactive ketones (excluding diaryl/α,β-unsaturated/α-hetero) is 1. The van der Waals surface area contributed by atoms with Crippen molar-refractivity contribution >= 4 is 17.4 Å². The van der Waals surface area contributed by atoms with E-state index in [0.29, 0.717) is 12.1 Å². The van der Waals surface area contributed by atoms with E-state index >= 15 is 0 Å². The number of carbonyl (C=O) groups is 2. The first-order chi connectivity index (χ1) is 14.2. The maximum atomic E-state index is 12.2. The molecule has 1 fully saturated rings. The average molecular weight is 394 g/mol. The Morgan fingerprint density at radius 3 is 2.24 bits per heavy atom. The lowest BCUT2D eigenvalue weighted by molar-refractivity contribution is -0.121. The lowest BCUT2D eigenvalue weighted by Crippen LogP contribution is -2.48. The molecule has 154 valence electrons. The minimum absolute atomic E-state index is 0.0276. The summed E-state index contributed by atoms with van der Waals surface area (Å²) < 4.78 is 0. The summed E-state index contributed by atoms with van der Waals surface area (Å²) in [4.78, 5) is 29.1. The van der Waals surface area contributed by atoms with Crippen LogP contribution in [0.1, 0.15) is 35.7 Å². The van der Waals surface area contributed by atoms with Crippen LogP contribution < -0.4 is 10.2 Å². The van der Waals surface area contributed by atoms with Gasteiger partial charge in [0, 0.05) is 63.4 Å². The number of hydrogen-bond donors (Lipinski definition) is 1. The molecular formula is C24H31N3O2.